The van der Waals surface area contributed by atoms with Crippen molar-refractivity contribution >= 4 is 5.91 Å². The van der Waals surface area contributed by atoms with Crippen LogP contribution in [0.25, 0.3) is 0 Å². The topological polar surface area (TPSA) is 72.3 Å². The number of amides is 1. The molecule has 1 amide bonds. The number of likely N-dealkylation sites (tertiary alicyclic amines) is 1. The van der Waals surface area contributed by atoms with Crippen LogP contribution in [0.3, 0.4) is 0 Å². The fourth-order valence-corrected chi connectivity index (χ4v) is 4.02. The Morgan fingerprint density at radius 2 is 1.56 bits per heavy atom. The zero-order valence-electron chi connectivity index (χ0n) is 12.5. The van der Waals surface area contributed by atoms with Gasteiger partial charge in [-0.3, -0.25) is 4.79 Å². The molecule has 4 nitrogen and oxygen atoms in total. The molecule has 18 heavy (non-hydrogen) atoms. The molecule has 0 aromatic carbocycles. The standard InChI is InChI=1S/C14H29N3O/c1-10(18)17-13(2,3)6-11(7-14(17,4)5)12(8-15)9-16/h11-12H,6-9,15-16H2,1-5H3. The van der Waals surface area contributed by atoms with Crippen molar-refractivity contribution in [2.24, 2.45) is 23.3 Å². The molecule has 1 fully saturated rings. The van der Waals surface area contributed by atoms with Gasteiger partial charge in [0.25, 0.3) is 0 Å². The summed E-state index contributed by atoms with van der Waals surface area (Å²) in [5, 5.41) is 0. The molecule has 4 heteroatoms. The van der Waals surface area contributed by atoms with Gasteiger partial charge in [0.1, 0.15) is 0 Å². The highest BCUT2D eigenvalue weighted by atomic mass is 16.2. The van der Waals surface area contributed by atoms with E-state index in [-0.39, 0.29) is 17.0 Å². The van der Waals surface area contributed by atoms with Gasteiger partial charge in [-0.1, -0.05) is 0 Å². The van der Waals surface area contributed by atoms with Crippen LogP contribution < -0.4 is 11.5 Å². The first-order valence-corrected chi connectivity index (χ1v) is 6.86. The third kappa shape index (κ3) is 2.86. The van der Waals surface area contributed by atoms with E-state index in [1.54, 1.807) is 6.92 Å². The zero-order chi connectivity index (χ0) is 14.1. The zero-order valence-corrected chi connectivity index (χ0v) is 12.5. The summed E-state index contributed by atoms with van der Waals surface area (Å²) in [7, 11) is 0. The van der Waals surface area contributed by atoms with E-state index < -0.39 is 0 Å². The van der Waals surface area contributed by atoms with Crippen molar-refractivity contribution in [1.82, 2.24) is 4.90 Å². The molecule has 0 atom stereocenters. The lowest BCUT2D eigenvalue weighted by molar-refractivity contribution is -0.150. The highest BCUT2D eigenvalue weighted by Gasteiger charge is 2.47. The summed E-state index contributed by atoms with van der Waals surface area (Å²) in [6.07, 6.45) is 1.96. The maximum absolute atomic E-state index is 11.9. The van der Waals surface area contributed by atoms with Crippen molar-refractivity contribution in [3.63, 3.8) is 0 Å². The molecular formula is C14H29N3O. The van der Waals surface area contributed by atoms with Crippen molar-refractivity contribution in [2.75, 3.05) is 13.1 Å². The van der Waals surface area contributed by atoms with Gasteiger partial charge in [0.05, 0.1) is 0 Å². The van der Waals surface area contributed by atoms with Crippen molar-refractivity contribution in [2.45, 2.75) is 58.5 Å². The van der Waals surface area contributed by atoms with Crippen LogP contribution in [0.5, 0.6) is 0 Å². The lowest BCUT2D eigenvalue weighted by Gasteiger charge is -2.56. The molecule has 1 aliphatic rings. The minimum absolute atomic E-state index is 0.124. The number of carbonyl (C=O) groups excluding carboxylic acids is 1. The Morgan fingerprint density at radius 3 is 1.83 bits per heavy atom. The van der Waals surface area contributed by atoms with Crippen LogP contribution in [0.2, 0.25) is 0 Å². The summed E-state index contributed by atoms with van der Waals surface area (Å²) in [6.45, 7) is 11.5. The lowest BCUT2D eigenvalue weighted by Crippen LogP contribution is -2.63. The van der Waals surface area contributed by atoms with Gasteiger partial charge in [-0.2, -0.15) is 0 Å². The molecule has 1 aliphatic heterocycles. The van der Waals surface area contributed by atoms with Crippen molar-refractivity contribution in [3.05, 3.63) is 0 Å². The van der Waals surface area contributed by atoms with Crippen molar-refractivity contribution in [1.29, 1.82) is 0 Å². The Balaban J connectivity index is 3.01. The summed E-state index contributed by atoms with van der Waals surface area (Å²) in [4.78, 5) is 14.0. The van der Waals surface area contributed by atoms with Gasteiger partial charge in [0.2, 0.25) is 5.91 Å². The second-order valence-corrected chi connectivity index (χ2v) is 6.88. The molecule has 0 saturated carbocycles. The van der Waals surface area contributed by atoms with E-state index in [2.05, 4.69) is 27.7 Å². The third-order valence-corrected chi connectivity index (χ3v) is 4.32. The number of hydrogen-bond donors (Lipinski definition) is 2. The number of rotatable bonds is 3. The van der Waals surface area contributed by atoms with Crippen LogP contribution in [-0.2, 0) is 4.79 Å². The number of hydrogen-bond acceptors (Lipinski definition) is 3. The second kappa shape index (κ2) is 5.17. The van der Waals surface area contributed by atoms with Crippen LogP contribution in [-0.4, -0.2) is 35.0 Å². The molecule has 0 radical (unpaired) electrons. The predicted molar refractivity (Wildman–Crippen MR) is 75.0 cm³/mol. The van der Waals surface area contributed by atoms with Crippen molar-refractivity contribution < 1.29 is 4.79 Å². The Hall–Kier alpha value is -0.610. The molecule has 0 bridgehead atoms. The van der Waals surface area contributed by atoms with Crippen LogP contribution >= 0.6 is 0 Å². The molecule has 0 aromatic heterocycles. The molecule has 1 heterocycles. The van der Waals surface area contributed by atoms with E-state index in [0.29, 0.717) is 24.9 Å². The van der Waals surface area contributed by atoms with E-state index in [1.165, 1.54) is 0 Å². The average Bonchev–Trinajstić information content (AvgIpc) is 2.14. The average molecular weight is 255 g/mol. The number of carbonyl (C=O) groups is 1. The summed E-state index contributed by atoms with van der Waals surface area (Å²) in [5.41, 5.74) is 11.4. The van der Waals surface area contributed by atoms with Gasteiger partial charge in [0.15, 0.2) is 0 Å². The van der Waals surface area contributed by atoms with Gasteiger partial charge in [0, 0.05) is 18.0 Å². The minimum Gasteiger partial charge on any atom is -0.333 e. The van der Waals surface area contributed by atoms with Crippen LogP contribution in [0.1, 0.15) is 47.5 Å². The molecule has 0 aliphatic carbocycles. The fraction of sp³-hybridized carbons (Fsp3) is 0.929. The molecule has 1 saturated heterocycles. The largest absolute Gasteiger partial charge is 0.333 e. The molecule has 0 aromatic rings. The molecule has 1 rings (SSSR count). The molecule has 0 unspecified atom stereocenters. The number of nitrogens with zero attached hydrogens (tertiary/aromatic N) is 1. The molecule has 0 spiro atoms. The normalized spacial score (nSPS) is 23.4. The lowest BCUT2D eigenvalue weighted by atomic mass is 9.69. The van der Waals surface area contributed by atoms with E-state index in [1.807, 2.05) is 4.90 Å². The summed E-state index contributed by atoms with van der Waals surface area (Å²) in [5.74, 6) is 1.01. The Labute approximate surface area is 111 Å². The highest BCUT2D eigenvalue weighted by molar-refractivity contribution is 5.75. The monoisotopic (exact) mass is 255 g/mol. The van der Waals surface area contributed by atoms with Crippen LogP contribution in [0.4, 0.5) is 0 Å². The second-order valence-electron chi connectivity index (χ2n) is 6.88. The first kappa shape index (κ1) is 15.4. The highest BCUT2D eigenvalue weighted by Crippen LogP contribution is 2.43. The smallest absolute Gasteiger partial charge is 0.220 e. The van der Waals surface area contributed by atoms with Crippen LogP contribution in [0.15, 0.2) is 0 Å². The Bertz CT molecular complexity index is 290. The van der Waals surface area contributed by atoms with E-state index in [0.717, 1.165) is 12.8 Å². The van der Waals surface area contributed by atoms with E-state index in [9.17, 15) is 4.79 Å². The summed E-state index contributed by atoms with van der Waals surface area (Å²) in [6, 6.07) is 0. The fourth-order valence-electron chi connectivity index (χ4n) is 4.02. The van der Waals surface area contributed by atoms with Gasteiger partial charge < -0.3 is 16.4 Å². The van der Waals surface area contributed by atoms with Gasteiger partial charge >= 0.3 is 0 Å². The minimum atomic E-state index is -0.124. The van der Waals surface area contributed by atoms with Gasteiger partial charge in [-0.05, 0) is 65.5 Å². The number of nitrogens with two attached hydrogens (primary N) is 2. The Kier molecular flexibility index (Phi) is 4.44. The van der Waals surface area contributed by atoms with Crippen LogP contribution in [0, 0.1) is 11.8 Å². The van der Waals surface area contributed by atoms with Gasteiger partial charge in [-0.25, -0.2) is 0 Å². The number of piperidine rings is 1. The first-order chi connectivity index (χ1) is 8.15. The molecule has 106 valence electrons. The van der Waals surface area contributed by atoms with E-state index in [4.69, 9.17) is 11.5 Å². The van der Waals surface area contributed by atoms with Gasteiger partial charge in [-0.15, -0.1) is 0 Å². The molecular weight excluding hydrogens is 226 g/mol. The van der Waals surface area contributed by atoms with E-state index >= 15 is 0 Å². The maximum atomic E-state index is 11.9. The predicted octanol–water partition coefficient (Wildman–Crippen LogP) is 1.34. The summed E-state index contributed by atoms with van der Waals surface area (Å²) >= 11 is 0. The summed E-state index contributed by atoms with van der Waals surface area (Å²) < 4.78 is 0. The quantitative estimate of drug-likeness (QED) is 0.799. The Morgan fingerprint density at radius 1 is 1.17 bits per heavy atom. The first-order valence-electron chi connectivity index (χ1n) is 6.86. The SMILES string of the molecule is CC(=O)N1C(C)(C)CC(C(CN)CN)CC1(C)C. The molecule has 4 N–H and O–H groups in total. The third-order valence-electron chi connectivity index (χ3n) is 4.32. The van der Waals surface area contributed by atoms with Crippen molar-refractivity contribution in [3.8, 4) is 0 Å². The maximum Gasteiger partial charge on any atom is 0.220 e.